The van der Waals surface area contributed by atoms with Crippen molar-refractivity contribution in [1.82, 2.24) is 15.1 Å². The predicted octanol–water partition coefficient (Wildman–Crippen LogP) is 2.10. The second-order valence-electron chi connectivity index (χ2n) is 4.46. The number of benzene rings is 1. The van der Waals surface area contributed by atoms with Crippen LogP contribution in [-0.4, -0.2) is 28.1 Å². The van der Waals surface area contributed by atoms with Gasteiger partial charge in [-0.15, -0.1) is 0 Å². The summed E-state index contributed by atoms with van der Waals surface area (Å²) in [5.41, 5.74) is 6.02. The smallest absolute Gasteiger partial charge is 0.274 e. The highest BCUT2D eigenvalue weighted by atomic mass is 19.1. The number of rotatable bonds is 3. The summed E-state index contributed by atoms with van der Waals surface area (Å²) in [6, 6.07) is 2.48. The van der Waals surface area contributed by atoms with Crippen LogP contribution < -0.4 is 5.73 Å². The first-order valence-electron chi connectivity index (χ1n) is 5.92. The van der Waals surface area contributed by atoms with Crippen LogP contribution in [0.3, 0.4) is 0 Å². The Hall–Kier alpha value is -2.44. The Balaban J connectivity index is 2.29. The maximum absolute atomic E-state index is 13.7. The number of H-pyrrole nitrogens is 1. The Morgan fingerprint density at radius 3 is 2.75 bits per heavy atom. The zero-order valence-electron chi connectivity index (χ0n) is 11.0. The van der Waals surface area contributed by atoms with E-state index in [0.29, 0.717) is 0 Å². The van der Waals surface area contributed by atoms with E-state index in [1.54, 1.807) is 6.92 Å². The van der Waals surface area contributed by atoms with Crippen molar-refractivity contribution in [2.75, 3.05) is 12.8 Å². The van der Waals surface area contributed by atoms with Crippen molar-refractivity contribution in [1.29, 1.82) is 0 Å². The van der Waals surface area contributed by atoms with Gasteiger partial charge in [0.25, 0.3) is 5.91 Å². The van der Waals surface area contributed by atoms with Crippen molar-refractivity contribution in [2.45, 2.75) is 13.0 Å². The van der Waals surface area contributed by atoms with E-state index in [9.17, 15) is 13.6 Å². The molecule has 20 heavy (non-hydrogen) atoms. The molecule has 3 N–H and O–H groups in total. The summed E-state index contributed by atoms with van der Waals surface area (Å²) in [5, 5.41) is 6.14. The number of nitrogens with one attached hydrogen (secondary N) is 1. The molecule has 1 atom stereocenters. The van der Waals surface area contributed by atoms with Gasteiger partial charge in [0.15, 0.2) is 0 Å². The lowest BCUT2D eigenvalue weighted by Crippen LogP contribution is -2.31. The largest absolute Gasteiger partial charge is 0.396 e. The van der Waals surface area contributed by atoms with Crippen molar-refractivity contribution >= 4 is 11.6 Å². The third-order valence-electron chi connectivity index (χ3n) is 3.19. The maximum atomic E-state index is 13.7. The van der Waals surface area contributed by atoms with E-state index >= 15 is 0 Å². The summed E-state index contributed by atoms with van der Waals surface area (Å²) in [4.78, 5) is 13.5. The average molecular weight is 280 g/mol. The highest BCUT2D eigenvalue weighted by molar-refractivity contribution is 5.97. The van der Waals surface area contributed by atoms with Gasteiger partial charge >= 0.3 is 0 Å². The molecule has 0 saturated carbocycles. The average Bonchev–Trinajstić information content (AvgIpc) is 2.85. The van der Waals surface area contributed by atoms with Crippen molar-refractivity contribution in [3.63, 3.8) is 0 Å². The lowest BCUT2D eigenvalue weighted by atomic mass is 10.1. The number of carbonyl (C=O) groups is 1. The Labute approximate surface area is 114 Å². The summed E-state index contributed by atoms with van der Waals surface area (Å²) in [5.74, 6) is -1.58. The van der Waals surface area contributed by atoms with Gasteiger partial charge in [-0.05, 0) is 25.1 Å². The standard InChI is InChI=1S/C13H14F2N4O/c1-7(9-5-8(14)3-4-10(9)15)19(2)13(20)12-11(16)6-17-18-12/h3-7H,16H2,1-2H3,(H,17,18). The molecular weight excluding hydrogens is 266 g/mol. The molecule has 2 rings (SSSR count). The topological polar surface area (TPSA) is 75.0 Å². The van der Waals surface area contributed by atoms with Crippen LogP contribution in [-0.2, 0) is 0 Å². The molecule has 106 valence electrons. The SMILES string of the molecule is CC(c1cc(F)ccc1F)N(C)C(=O)c1[nH]ncc1N. The van der Waals surface area contributed by atoms with E-state index in [1.807, 2.05) is 0 Å². The van der Waals surface area contributed by atoms with Crippen LogP contribution in [0.4, 0.5) is 14.5 Å². The van der Waals surface area contributed by atoms with Crippen LogP contribution in [0.25, 0.3) is 0 Å². The fourth-order valence-corrected chi connectivity index (χ4v) is 1.86. The van der Waals surface area contributed by atoms with Crippen molar-refractivity contribution in [2.24, 2.45) is 0 Å². The monoisotopic (exact) mass is 280 g/mol. The molecule has 0 bridgehead atoms. The first-order chi connectivity index (χ1) is 9.41. The van der Waals surface area contributed by atoms with Crippen LogP contribution in [0, 0.1) is 11.6 Å². The summed E-state index contributed by atoms with van der Waals surface area (Å²) in [7, 11) is 1.48. The fourth-order valence-electron chi connectivity index (χ4n) is 1.86. The number of nitrogens with zero attached hydrogens (tertiary/aromatic N) is 2. The predicted molar refractivity (Wildman–Crippen MR) is 69.9 cm³/mol. The number of aromatic nitrogens is 2. The van der Waals surface area contributed by atoms with Crippen LogP contribution >= 0.6 is 0 Å². The van der Waals surface area contributed by atoms with E-state index in [-0.39, 0.29) is 16.9 Å². The molecule has 0 fully saturated rings. The molecule has 5 nitrogen and oxygen atoms in total. The lowest BCUT2D eigenvalue weighted by molar-refractivity contribution is 0.0735. The van der Waals surface area contributed by atoms with Crippen molar-refractivity contribution < 1.29 is 13.6 Å². The van der Waals surface area contributed by atoms with Crippen LogP contribution in [0.2, 0.25) is 0 Å². The third kappa shape index (κ3) is 2.47. The second kappa shape index (κ2) is 5.28. The number of amides is 1. The van der Waals surface area contributed by atoms with Gasteiger partial charge in [-0.25, -0.2) is 8.78 Å². The van der Waals surface area contributed by atoms with Gasteiger partial charge in [0.1, 0.15) is 17.3 Å². The maximum Gasteiger partial charge on any atom is 0.274 e. The molecule has 2 aromatic rings. The number of halogens is 2. The zero-order valence-corrected chi connectivity index (χ0v) is 11.0. The molecule has 1 heterocycles. The van der Waals surface area contributed by atoms with Crippen molar-refractivity contribution in [3.05, 3.63) is 47.3 Å². The van der Waals surface area contributed by atoms with Gasteiger partial charge in [-0.2, -0.15) is 5.10 Å². The fraction of sp³-hybridized carbons (Fsp3) is 0.231. The zero-order chi connectivity index (χ0) is 14.9. The van der Waals surface area contributed by atoms with Gasteiger partial charge in [0, 0.05) is 12.6 Å². The molecule has 7 heteroatoms. The van der Waals surface area contributed by atoms with Crippen LogP contribution in [0.15, 0.2) is 24.4 Å². The van der Waals surface area contributed by atoms with E-state index in [1.165, 1.54) is 18.1 Å². The molecule has 1 aromatic carbocycles. The lowest BCUT2D eigenvalue weighted by Gasteiger charge is -2.25. The van der Waals surface area contributed by atoms with E-state index in [2.05, 4.69) is 10.2 Å². The van der Waals surface area contributed by atoms with Gasteiger partial charge < -0.3 is 10.6 Å². The summed E-state index contributed by atoms with van der Waals surface area (Å²) >= 11 is 0. The summed E-state index contributed by atoms with van der Waals surface area (Å²) in [6.45, 7) is 1.60. The van der Waals surface area contributed by atoms with Crippen LogP contribution in [0.5, 0.6) is 0 Å². The minimum absolute atomic E-state index is 0.0962. The second-order valence-corrected chi connectivity index (χ2v) is 4.46. The third-order valence-corrected chi connectivity index (χ3v) is 3.19. The molecule has 1 aromatic heterocycles. The van der Waals surface area contributed by atoms with Crippen molar-refractivity contribution in [3.8, 4) is 0 Å². The molecule has 0 aliphatic carbocycles. The quantitative estimate of drug-likeness (QED) is 0.904. The number of carbonyl (C=O) groups excluding carboxylic acids is 1. The minimum atomic E-state index is -0.652. The molecular formula is C13H14F2N4O. The Kier molecular flexibility index (Phi) is 3.69. The number of hydrogen-bond donors (Lipinski definition) is 2. The Morgan fingerprint density at radius 2 is 2.15 bits per heavy atom. The van der Waals surface area contributed by atoms with Gasteiger partial charge in [-0.1, -0.05) is 0 Å². The minimum Gasteiger partial charge on any atom is -0.396 e. The van der Waals surface area contributed by atoms with Gasteiger partial charge in [0.05, 0.1) is 17.9 Å². The van der Waals surface area contributed by atoms with E-state index in [4.69, 9.17) is 5.73 Å². The Morgan fingerprint density at radius 1 is 1.45 bits per heavy atom. The molecule has 0 radical (unpaired) electrons. The number of anilines is 1. The number of nitrogen functional groups attached to an aromatic ring is 1. The number of aromatic amines is 1. The summed E-state index contributed by atoms with van der Waals surface area (Å²) < 4.78 is 26.9. The highest BCUT2D eigenvalue weighted by Crippen LogP contribution is 2.24. The Bertz CT molecular complexity index is 641. The normalized spacial score (nSPS) is 12.2. The first-order valence-corrected chi connectivity index (χ1v) is 5.92. The highest BCUT2D eigenvalue weighted by Gasteiger charge is 2.24. The molecule has 1 unspecified atom stereocenters. The molecule has 1 amide bonds. The van der Waals surface area contributed by atoms with E-state index < -0.39 is 23.6 Å². The van der Waals surface area contributed by atoms with Gasteiger partial charge in [-0.3, -0.25) is 9.89 Å². The molecule has 0 aliphatic rings. The van der Waals surface area contributed by atoms with Gasteiger partial charge in [0.2, 0.25) is 0 Å². The molecule has 0 saturated heterocycles. The van der Waals surface area contributed by atoms with Crippen LogP contribution in [0.1, 0.15) is 29.0 Å². The first kappa shape index (κ1) is 14.0. The molecule has 0 aliphatic heterocycles. The van der Waals surface area contributed by atoms with E-state index in [0.717, 1.165) is 18.2 Å². The number of hydrogen-bond acceptors (Lipinski definition) is 3. The molecule has 0 spiro atoms. The number of nitrogens with two attached hydrogens (primary N) is 1. The summed E-state index contributed by atoms with van der Waals surface area (Å²) in [6.07, 6.45) is 1.31.